The molecule has 4 aromatic rings. The normalized spacial score (nSPS) is 11.1. The Bertz CT molecular complexity index is 1220. The Morgan fingerprint density at radius 1 is 0.808 bits per heavy atom. The third-order valence-corrected chi connectivity index (χ3v) is 4.31. The van der Waals surface area contributed by atoms with E-state index in [1.54, 1.807) is 36.4 Å². The summed E-state index contributed by atoms with van der Waals surface area (Å²) in [6.07, 6.45) is 0. The summed E-state index contributed by atoms with van der Waals surface area (Å²) in [5.41, 5.74) is -0.488. The van der Waals surface area contributed by atoms with Crippen LogP contribution in [0.2, 0.25) is 5.02 Å². The molecule has 126 valence electrons. The first-order chi connectivity index (χ1) is 12.4. The molecule has 0 spiro atoms. The molecule has 0 radical (unpaired) electrons. The molecule has 0 amide bonds. The van der Waals surface area contributed by atoms with Crippen molar-refractivity contribution in [2.24, 2.45) is 0 Å². The SMILES string of the molecule is Bc1ccc2oc(=O)c(C(=O)c3cc4cc(Cl)ccc4oc3=O)cc2c1. The van der Waals surface area contributed by atoms with Crippen molar-refractivity contribution in [1.82, 2.24) is 0 Å². The molecule has 0 saturated carbocycles. The molecule has 2 heterocycles. The second-order valence-electron chi connectivity index (χ2n) is 5.95. The van der Waals surface area contributed by atoms with E-state index in [9.17, 15) is 14.4 Å². The van der Waals surface area contributed by atoms with Crippen molar-refractivity contribution in [3.05, 3.63) is 85.5 Å². The summed E-state index contributed by atoms with van der Waals surface area (Å²) in [5.74, 6) is -0.752. The molecule has 2 aromatic carbocycles. The van der Waals surface area contributed by atoms with Crippen LogP contribution in [0.1, 0.15) is 15.9 Å². The van der Waals surface area contributed by atoms with Crippen molar-refractivity contribution >= 4 is 52.6 Å². The van der Waals surface area contributed by atoms with Gasteiger partial charge < -0.3 is 8.83 Å². The molecular weight excluding hydrogens is 354 g/mol. The molecule has 0 unspecified atom stereocenters. The lowest BCUT2D eigenvalue weighted by Crippen LogP contribution is -2.21. The lowest BCUT2D eigenvalue weighted by atomic mass is 9.94. The van der Waals surface area contributed by atoms with Crippen LogP contribution in [0.25, 0.3) is 21.9 Å². The summed E-state index contributed by atoms with van der Waals surface area (Å²) in [6.45, 7) is 0. The second-order valence-corrected chi connectivity index (χ2v) is 6.38. The number of hydrogen-bond donors (Lipinski definition) is 0. The Hall–Kier alpha value is -3.12. The van der Waals surface area contributed by atoms with Crippen molar-refractivity contribution in [3.63, 3.8) is 0 Å². The molecule has 0 fully saturated rings. The van der Waals surface area contributed by atoms with Crippen molar-refractivity contribution in [1.29, 1.82) is 0 Å². The number of benzene rings is 2. The molecular formula is C19H10BClO5. The summed E-state index contributed by atoms with van der Waals surface area (Å²) < 4.78 is 10.4. The van der Waals surface area contributed by atoms with Gasteiger partial charge >= 0.3 is 11.3 Å². The third kappa shape index (κ3) is 2.74. The van der Waals surface area contributed by atoms with Crippen LogP contribution >= 0.6 is 11.6 Å². The first-order valence-corrected chi connectivity index (χ1v) is 8.13. The molecule has 2 aromatic heterocycles. The molecule has 0 bridgehead atoms. The van der Waals surface area contributed by atoms with E-state index in [1.165, 1.54) is 12.1 Å². The summed E-state index contributed by atoms with van der Waals surface area (Å²) >= 11 is 5.94. The zero-order valence-corrected chi connectivity index (χ0v) is 14.3. The van der Waals surface area contributed by atoms with Crippen LogP contribution in [0, 0.1) is 0 Å². The largest absolute Gasteiger partial charge is 0.422 e. The van der Waals surface area contributed by atoms with Gasteiger partial charge in [-0.15, -0.1) is 0 Å². The smallest absolute Gasteiger partial charge is 0.347 e. The van der Waals surface area contributed by atoms with E-state index in [1.807, 2.05) is 7.85 Å². The zero-order chi connectivity index (χ0) is 18.4. The Morgan fingerprint density at radius 2 is 1.35 bits per heavy atom. The number of halogens is 1. The Kier molecular flexibility index (Phi) is 3.78. The average molecular weight is 365 g/mol. The fraction of sp³-hybridized carbons (Fsp3) is 0. The number of ketones is 1. The van der Waals surface area contributed by atoms with Crippen molar-refractivity contribution in [2.45, 2.75) is 0 Å². The van der Waals surface area contributed by atoms with E-state index < -0.39 is 17.0 Å². The predicted octanol–water partition coefficient (Wildman–Crippen LogP) is 2.04. The molecule has 4 rings (SSSR count). The molecule has 0 saturated heterocycles. The van der Waals surface area contributed by atoms with E-state index in [0.29, 0.717) is 27.0 Å². The van der Waals surface area contributed by atoms with Gasteiger partial charge in [0.1, 0.15) is 30.1 Å². The number of carbonyl (C=O) groups excluding carboxylic acids is 1. The average Bonchev–Trinajstić information content (AvgIpc) is 2.60. The fourth-order valence-electron chi connectivity index (χ4n) is 2.80. The summed E-state index contributed by atoms with van der Waals surface area (Å²) in [6, 6.07) is 12.7. The topological polar surface area (TPSA) is 77.5 Å². The van der Waals surface area contributed by atoms with Crippen molar-refractivity contribution in [2.75, 3.05) is 0 Å². The monoisotopic (exact) mass is 364 g/mol. The minimum absolute atomic E-state index is 0.225. The molecule has 26 heavy (non-hydrogen) atoms. The van der Waals surface area contributed by atoms with E-state index in [-0.39, 0.29) is 11.1 Å². The van der Waals surface area contributed by atoms with Gasteiger partial charge in [0.2, 0.25) is 5.78 Å². The van der Waals surface area contributed by atoms with Gasteiger partial charge in [0.25, 0.3) is 0 Å². The van der Waals surface area contributed by atoms with Gasteiger partial charge in [-0.25, -0.2) is 9.59 Å². The van der Waals surface area contributed by atoms with Crippen LogP contribution in [0.5, 0.6) is 0 Å². The Balaban J connectivity index is 1.92. The number of hydrogen-bond acceptors (Lipinski definition) is 5. The van der Waals surface area contributed by atoms with Gasteiger partial charge in [0, 0.05) is 15.8 Å². The van der Waals surface area contributed by atoms with E-state index in [4.69, 9.17) is 20.4 Å². The van der Waals surface area contributed by atoms with Crippen LogP contribution in [-0.2, 0) is 0 Å². The first kappa shape index (κ1) is 16.4. The van der Waals surface area contributed by atoms with E-state index >= 15 is 0 Å². The van der Waals surface area contributed by atoms with Gasteiger partial charge in [-0.05, 0) is 36.4 Å². The molecule has 7 heteroatoms. The number of rotatable bonds is 2. The lowest BCUT2D eigenvalue weighted by Gasteiger charge is -2.04. The maximum atomic E-state index is 12.8. The fourth-order valence-corrected chi connectivity index (χ4v) is 2.98. The van der Waals surface area contributed by atoms with Crippen LogP contribution < -0.4 is 16.7 Å². The zero-order valence-electron chi connectivity index (χ0n) is 13.5. The summed E-state index contributed by atoms with van der Waals surface area (Å²) in [5, 5.41) is 1.52. The molecule has 0 atom stereocenters. The molecule has 0 N–H and O–H groups in total. The Labute approximate surface area is 152 Å². The predicted molar refractivity (Wildman–Crippen MR) is 102 cm³/mol. The second kappa shape index (κ2) is 6.00. The van der Waals surface area contributed by atoms with Gasteiger partial charge in [-0.3, -0.25) is 4.79 Å². The maximum absolute atomic E-state index is 12.8. The molecule has 5 nitrogen and oxygen atoms in total. The first-order valence-electron chi connectivity index (χ1n) is 7.75. The minimum atomic E-state index is -0.825. The van der Waals surface area contributed by atoms with Gasteiger partial charge in [-0.2, -0.15) is 0 Å². The van der Waals surface area contributed by atoms with E-state index in [2.05, 4.69) is 0 Å². The highest BCUT2D eigenvalue weighted by atomic mass is 35.5. The highest BCUT2D eigenvalue weighted by Gasteiger charge is 2.20. The van der Waals surface area contributed by atoms with Gasteiger partial charge in [-0.1, -0.05) is 29.2 Å². The van der Waals surface area contributed by atoms with Crippen LogP contribution in [0.3, 0.4) is 0 Å². The van der Waals surface area contributed by atoms with Gasteiger partial charge in [0.15, 0.2) is 0 Å². The summed E-state index contributed by atoms with van der Waals surface area (Å²) in [4.78, 5) is 37.2. The lowest BCUT2D eigenvalue weighted by molar-refractivity contribution is 0.103. The number of fused-ring (bicyclic) bond motifs is 2. The highest BCUT2D eigenvalue weighted by Crippen LogP contribution is 2.20. The molecule has 0 aliphatic carbocycles. The molecule has 0 aliphatic heterocycles. The van der Waals surface area contributed by atoms with E-state index in [0.717, 1.165) is 5.46 Å². The van der Waals surface area contributed by atoms with Gasteiger partial charge in [0.05, 0.1) is 0 Å². The number of carbonyl (C=O) groups is 1. The quantitative estimate of drug-likeness (QED) is 0.309. The third-order valence-electron chi connectivity index (χ3n) is 4.07. The molecule has 0 aliphatic rings. The summed E-state index contributed by atoms with van der Waals surface area (Å²) in [7, 11) is 1.88. The van der Waals surface area contributed by atoms with Crippen LogP contribution in [0.15, 0.2) is 67.0 Å². The van der Waals surface area contributed by atoms with Crippen LogP contribution in [0.4, 0.5) is 0 Å². The standard InChI is InChI=1S/C19H10BClO5/c20-11-1-3-15-9(5-11)7-13(18(23)25-15)17(22)14-8-10-6-12(21)2-4-16(10)26-19(14)24/h1-8H,20H2. The Morgan fingerprint density at radius 3 is 1.96 bits per heavy atom. The maximum Gasteiger partial charge on any atom is 0.347 e. The van der Waals surface area contributed by atoms with Crippen molar-refractivity contribution < 1.29 is 13.6 Å². The van der Waals surface area contributed by atoms with Crippen molar-refractivity contribution in [3.8, 4) is 0 Å². The van der Waals surface area contributed by atoms with Crippen LogP contribution in [-0.4, -0.2) is 13.6 Å². The minimum Gasteiger partial charge on any atom is -0.422 e. The highest BCUT2D eigenvalue weighted by molar-refractivity contribution is 6.33.